The molecule has 0 saturated carbocycles. The molecule has 1 amide bonds. The molecule has 120 valence electrons. The summed E-state index contributed by atoms with van der Waals surface area (Å²) in [4.78, 5) is 28.9. The largest absolute Gasteiger partial charge is 0.352 e. The normalized spacial score (nSPS) is 14.8. The summed E-state index contributed by atoms with van der Waals surface area (Å²) in [7, 11) is 0. The Morgan fingerprint density at radius 2 is 2.00 bits per heavy atom. The second-order valence-corrected chi connectivity index (χ2v) is 6.38. The smallest absolute Gasteiger partial charge is 0.233 e. The number of hydrogen-bond acceptors (Lipinski definition) is 6. The Balaban J connectivity index is 1.50. The van der Waals surface area contributed by atoms with Crippen LogP contribution >= 0.6 is 23.4 Å². The highest BCUT2D eigenvalue weighted by Gasteiger charge is 2.22. The first-order valence-electron chi connectivity index (χ1n) is 7.26. The highest BCUT2D eigenvalue weighted by atomic mass is 35.5. The number of amides is 1. The number of hydrogen-bond donors (Lipinski definition) is 0. The van der Waals surface area contributed by atoms with E-state index in [2.05, 4.69) is 19.9 Å². The summed E-state index contributed by atoms with van der Waals surface area (Å²) in [6.07, 6.45) is 6.76. The lowest BCUT2D eigenvalue weighted by Crippen LogP contribution is -2.49. The lowest BCUT2D eigenvalue weighted by molar-refractivity contribution is -0.128. The molecule has 6 nitrogen and oxygen atoms in total. The van der Waals surface area contributed by atoms with Gasteiger partial charge < -0.3 is 9.80 Å². The van der Waals surface area contributed by atoms with Crippen molar-refractivity contribution in [2.75, 3.05) is 36.8 Å². The number of anilines is 1. The Hall–Kier alpha value is -1.86. The van der Waals surface area contributed by atoms with Crippen LogP contribution < -0.4 is 4.90 Å². The fourth-order valence-corrected chi connectivity index (χ4v) is 3.41. The molecule has 0 unspecified atom stereocenters. The van der Waals surface area contributed by atoms with Gasteiger partial charge in [0.15, 0.2) is 0 Å². The maximum Gasteiger partial charge on any atom is 0.233 e. The van der Waals surface area contributed by atoms with E-state index in [0.29, 0.717) is 28.9 Å². The van der Waals surface area contributed by atoms with Crippen LogP contribution in [0.3, 0.4) is 0 Å². The lowest BCUT2D eigenvalue weighted by atomic mass is 10.3. The number of thioether (sulfide) groups is 1. The summed E-state index contributed by atoms with van der Waals surface area (Å²) in [6, 6.07) is 3.56. The third-order valence-electron chi connectivity index (χ3n) is 3.56. The van der Waals surface area contributed by atoms with E-state index in [4.69, 9.17) is 11.6 Å². The summed E-state index contributed by atoms with van der Waals surface area (Å²) in [5.41, 5.74) is 0. The van der Waals surface area contributed by atoms with Gasteiger partial charge in [0.1, 0.15) is 10.8 Å². The summed E-state index contributed by atoms with van der Waals surface area (Å²) in [5.74, 6) is 1.31. The van der Waals surface area contributed by atoms with Crippen molar-refractivity contribution in [3.63, 3.8) is 0 Å². The number of nitrogens with zero attached hydrogens (tertiary/aromatic N) is 5. The van der Waals surface area contributed by atoms with Gasteiger partial charge in [-0.15, -0.1) is 0 Å². The van der Waals surface area contributed by atoms with E-state index in [0.717, 1.165) is 18.9 Å². The molecule has 0 N–H and O–H groups in total. The van der Waals surface area contributed by atoms with Crippen LogP contribution in [0.1, 0.15) is 0 Å². The second kappa shape index (κ2) is 7.61. The van der Waals surface area contributed by atoms with Crippen LogP contribution in [0.25, 0.3) is 0 Å². The van der Waals surface area contributed by atoms with Gasteiger partial charge in [-0.2, -0.15) is 0 Å². The van der Waals surface area contributed by atoms with E-state index < -0.39 is 0 Å². The van der Waals surface area contributed by atoms with Gasteiger partial charge in [0.2, 0.25) is 5.91 Å². The summed E-state index contributed by atoms with van der Waals surface area (Å²) in [5, 5.41) is 1.28. The van der Waals surface area contributed by atoms with E-state index in [9.17, 15) is 4.79 Å². The van der Waals surface area contributed by atoms with E-state index in [-0.39, 0.29) is 5.91 Å². The van der Waals surface area contributed by atoms with Gasteiger partial charge in [0.05, 0.1) is 17.0 Å². The number of halogens is 1. The molecule has 1 fully saturated rings. The first-order chi connectivity index (χ1) is 11.2. The van der Waals surface area contributed by atoms with Crippen molar-refractivity contribution in [1.29, 1.82) is 0 Å². The average molecular weight is 350 g/mol. The Morgan fingerprint density at radius 1 is 1.17 bits per heavy atom. The van der Waals surface area contributed by atoms with Gasteiger partial charge in [-0.05, 0) is 12.1 Å². The minimum absolute atomic E-state index is 0.107. The average Bonchev–Trinajstić information content (AvgIpc) is 2.62. The van der Waals surface area contributed by atoms with Gasteiger partial charge in [-0.3, -0.25) is 9.78 Å². The monoisotopic (exact) mass is 349 g/mol. The third-order valence-corrected chi connectivity index (χ3v) is 4.97. The molecule has 0 aliphatic carbocycles. The number of rotatable bonds is 4. The van der Waals surface area contributed by atoms with Gasteiger partial charge in [-0.25, -0.2) is 9.97 Å². The summed E-state index contributed by atoms with van der Waals surface area (Å²) in [6.45, 7) is 2.90. The number of aromatic nitrogens is 3. The maximum absolute atomic E-state index is 12.3. The maximum atomic E-state index is 12.3. The molecular formula is C15H16ClN5OS. The quantitative estimate of drug-likeness (QED) is 0.786. The van der Waals surface area contributed by atoms with Crippen LogP contribution in [-0.4, -0.2) is 57.7 Å². The fraction of sp³-hybridized carbons (Fsp3) is 0.333. The summed E-state index contributed by atoms with van der Waals surface area (Å²) < 4.78 is 0. The molecule has 23 heavy (non-hydrogen) atoms. The first kappa shape index (κ1) is 16.0. The molecule has 1 saturated heterocycles. The van der Waals surface area contributed by atoms with Crippen molar-refractivity contribution >= 4 is 35.1 Å². The SMILES string of the molecule is O=C(CSc1ncccc1Cl)N1CCN(c2cnccn2)CC1. The molecule has 3 rings (SSSR count). The zero-order valence-electron chi connectivity index (χ0n) is 12.4. The van der Waals surface area contributed by atoms with Gasteiger partial charge in [-0.1, -0.05) is 23.4 Å². The van der Waals surface area contributed by atoms with Crippen molar-refractivity contribution in [2.45, 2.75) is 5.03 Å². The van der Waals surface area contributed by atoms with Crippen molar-refractivity contribution in [1.82, 2.24) is 19.9 Å². The van der Waals surface area contributed by atoms with E-state index in [1.165, 1.54) is 11.8 Å². The zero-order chi connectivity index (χ0) is 16.1. The minimum Gasteiger partial charge on any atom is -0.352 e. The molecule has 3 heterocycles. The van der Waals surface area contributed by atoms with E-state index >= 15 is 0 Å². The highest BCUT2D eigenvalue weighted by molar-refractivity contribution is 8.00. The third kappa shape index (κ3) is 4.11. The van der Waals surface area contributed by atoms with E-state index in [1.54, 1.807) is 36.9 Å². The second-order valence-electron chi connectivity index (χ2n) is 5.01. The van der Waals surface area contributed by atoms with Crippen LogP contribution in [0.2, 0.25) is 5.02 Å². The van der Waals surface area contributed by atoms with Crippen LogP contribution in [-0.2, 0) is 4.79 Å². The van der Waals surface area contributed by atoms with Crippen molar-refractivity contribution in [3.8, 4) is 0 Å². The molecule has 0 atom stereocenters. The van der Waals surface area contributed by atoms with E-state index in [1.807, 2.05) is 4.90 Å². The summed E-state index contributed by atoms with van der Waals surface area (Å²) >= 11 is 7.43. The molecular weight excluding hydrogens is 334 g/mol. The van der Waals surface area contributed by atoms with Crippen molar-refractivity contribution < 1.29 is 4.79 Å². The lowest BCUT2D eigenvalue weighted by Gasteiger charge is -2.35. The Bertz CT molecular complexity index is 664. The topological polar surface area (TPSA) is 62.2 Å². The van der Waals surface area contributed by atoms with Crippen LogP contribution in [0, 0.1) is 0 Å². The van der Waals surface area contributed by atoms with Crippen molar-refractivity contribution in [2.24, 2.45) is 0 Å². The van der Waals surface area contributed by atoms with Gasteiger partial charge in [0, 0.05) is 44.8 Å². The number of piperazine rings is 1. The molecule has 0 spiro atoms. The fourth-order valence-electron chi connectivity index (χ4n) is 2.34. The molecule has 2 aromatic heterocycles. The molecule has 0 radical (unpaired) electrons. The highest BCUT2D eigenvalue weighted by Crippen LogP contribution is 2.24. The van der Waals surface area contributed by atoms with Crippen LogP contribution in [0.4, 0.5) is 5.82 Å². The first-order valence-corrected chi connectivity index (χ1v) is 8.62. The molecule has 0 aromatic carbocycles. The van der Waals surface area contributed by atoms with Crippen LogP contribution in [0.15, 0.2) is 41.9 Å². The predicted octanol–water partition coefficient (Wildman–Crippen LogP) is 1.97. The Labute approximate surface area is 143 Å². The van der Waals surface area contributed by atoms with Gasteiger partial charge >= 0.3 is 0 Å². The molecule has 0 bridgehead atoms. The molecule has 2 aromatic rings. The number of pyridine rings is 1. The Morgan fingerprint density at radius 3 is 2.70 bits per heavy atom. The minimum atomic E-state index is 0.107. The molecule has 8 heteroatoms. The zero-order valence-corrected chi connectivity index (χ0v) is 14.0. The standard InChI is InChI=1S/C15H16ClN5OS/c16-12-2-1-3-19-15(12)23-11-14(22)21-8-6-20(7-9-21)13-10-17-4-5-18-13/h1-5,10H,6-9,11H2. The number of carbonyl (C=O) groups excluding carboxylic acids is 1. The van der Waals surface area contributed by atoms with Crippen molar-refractivity contribution in [3.05, 3.63) is 41.9 Å². The Kier molecular flexibility index (Phi) is 5.30. The van der Waals surface area contributed by atoms with Gasteiger partial charge in [0.25, 0.3) is 0 Å². The molecule has 1 aliphatic rings. The predicted molar refractivity (Wildman–Crippen MR) is 90.8 cm³/mol. The number of carbonyl (C=O) groups is 1. The molecule has 1 aliphatic heterocycles. The van der Waals surface area contributed by atoms with Crippen LogP contribution in [0.5, 0.6) is 0 Å².